The number of halogens is 1. The predicted octanol–water partition coefficient (Wildman–Crippen LogP) is 1.72. The number of nitrogens with zero attached hydrogens (tertiary/aromatic N) is 1. The summed E-state index contributed by atoms with van der Waals surface area (Å²) in [5.74, 6) is -0.0930. The number of rotatable bonds is 4. The van der Waals surface area contributed by atoms with Crippen LogP contribution in [0.1, 0.15) is 5.56 Å². The van der Waals surface area contributed by atoms with E-state index in [1.54, 1.807) is 17.8 Å². The standard InChI is InChI=1S/C14H19FN2OS/c15-13-7-11(8-17-5-3-16-4-6-17)1-2-14(13)19-12-9-18-10-12/h1-2,7,12,16H,3-6,8-10H2. The molecule has 0 bridgehead atoms. The van der Waals surface area contributed by atoms with E-state index in [9.17, 15) is 4.39 Å². The lowest BCUT2D eigenvalue weighted by Gasteiger charge is -2.27. The molecule has 104 valence electrons. The molecular formula is C14H19FN2OS. The third-order valence-electron chi connectivity index (χ3n) is 3.51. The molecule has 2 fully saturated rings. The van der Waals surface area contributed by atoms with E-state index in [0.29, 0.717) is 5.25 Å². The molecule has 2 aliphatic heterocycles. The monoisotopic (exact) mass is 282 g/mol. The highest BCUT2D eigenvalue weighted by atomic mass is 32.2. The van der Waals surface area contributed by atoms with Gasteiger partial charge >= 0.3 is 0 Å². The summed E-state index contributed by atoms with van der Waals surface area (Å²) in [5.41, 5.74) is 1.06. The molecule has 19 heavy (non-hydrogen) atoms. The maximum atomic E-state index is 14.0. The van der Waals surface area contributed by atoms with Gasteiger partial charge in [0.2, 0.25) is 0 Å². The van der Waals surface area contributed by atoms with E-state index in [2.05, 4.69) is 10.2 Å². The third kappa shape index (κ3) is 3.48. The van der Waals surface area contributed by atoms with Crippen molar-refractivity contribution in [1.82, 2.24) is 10.2 Å². The predicted molar refractivity (Wildman–Crippen MR) is 75.0 cm³/mol. The maximum Gasteiger partial charge on any atom is 0.137 e. The fourth-order valence-electron chi connectivity index (χ4n) is 2.33. The van der Waals surface area contributed by atoms with Crippen LogP contribution in [-0.4, -0.2) is 49.5 Å². The molecule has 2 aliphatic rings. The molecule has 2 saturated heterocycles. The van der Waals surface area contributed by atoms with Gasteiger partial charge in [0.1, 0.15) is 5.82 Å². The quantitative estimate of drug-likeness (QED) is 0.909. The first-order valence-corrected chi connectivity index (χ1v) is 7.65. The van der Waals surface area contributed by atoms with Crippen LogP contribution >= 0.6 is 11.8 Å². The van der Waals surface area contributed by atoms with Gasteiger partial charge in [-0.15, -0.1) is 11.8 Å². The molecule has 0 unspecified atom stereocenters. The zero-order valence-electron chi connectivity index (χ0n) is 10.9. The molecule has 0 atom stereocenters. The summed E-state index contributed by atoms with van der Waals surface area (Å²) >= 11 is 1.59. The minimum atomic E-state index is -0.0930. The van der Waals surface area contributed by atoms with Gasteiger partial charge in [-0.25, -0.2) is 4.39 Å². The number of ether oxygens (including phenoxy) is 1. The molecule has 0 spiro atoms. The fourth-order valence-corrected chi connectivity index (χ4v) is 3.33. The van der Waals surface area contributed by atoms with Crippen molar-refractivity contribution < 1.29 is 9.13 Å². The van der Waals surface area contributed by atoms with Crippen molar-refractivity contribution in [2.45, 2.75) is 16.7 Å². The Morgan fingerprint density at radius 3 is 2.74 bits per heavy atom. The van der Waals surface area contributed by atoms with Crippen molar-refractivity contribution in [2.24, 2.45) is 0 Å². The van der Waals surface area contributed by atoms with Crippen LogP contribution in [0.5, 0.6) is 0 Å². The molecule has 3 rings (SSSR count). The second-order valence-electron chi connectivity index (χ2n) is 5.07. The zero-order chi connectivity index (χ0) is 13.1. The Labute approximate surface area is 117 Å². The van der Waals surface area contributed by atoms with E-state index < -0.39 is 0 Å². The normalized spacial score (nSPS) is 21.3. The highest BCUT2D eigenvalue weighted by Crippen LogP contribution is 2.30. The summed E-state index contributed by atoms with van der Waals surface area (Å²) in [4.78, 5) is 3.11. The van der Waals surface area contributed by atoms with Gasteiger partial charge in [-0.05, 0) is 17.7 Å². The summed E-state index contributed by atoms with van der Waals surface area (Å²) in [6, 6.07) is 5.65. The SMILES string of the molecule is Fc1cc(CN2CCNCC2)ccc1SC1COC1. The van der Waals surface area contributed by atoms with Crippen molar-refractivity contribution in [3.63, 3.8) is 0 Å². The van der Waals surface area contributed by atoms with Gasteiger partial charge in [-0.3, -0.25) is 4.90 Å². The minimum absolute atomic E-state index is 0.0930. The van der Waals surface area contributed by atoms with Crippen molar-refractivity contribution in [1.29, 1.82) is 0 Å². The Morgan fingerprint density at radius 1 is 1.32 bits per heavy atom. The van der Waals surface area contributed by atoms with E-state index in [1.165, 1.54) is 0 Å². The largest absolute Gasteiger partial charge is 0.379 e. The van der Waals surface area contributed by atoms with Crippen LogP contribution in [0.15, 0.2) is 23.1 Å². The van der Waals surface area contributed by atoms with E-state index in [1.807, 2.05) is 12.1 Å². The van der Waals surface area contributed by atoms with Gasteiger partial charge in [0, 0.05) is 37.6 Å². The molecule has 2 heterocycles. The van der Waals surface area contributed by atoms with Crippen molar-refractivity contribution >= 4 is 11.8 Å². The summed E-state index contributed by atoms with van der Waals surface area (Å²) in [6.45, 7) is 6.46. The van der Waals surface area contributed by atoms with Gasteiger partial charge < -0.3 is 10.1 Å². The first kappa shape index (κ1) is 13.4. The topological polar surface area (TPSA) is 24.5 Å². The number of hydrogen-bond acceptors (Lipinski definition) is 4. The number of nitrogens with one attached hydrogen (secondary N) is 1. The lowest BCUT2D eigenvalue weighted by Crippen LogP contribution is -2.42. The zero-order valence-corrected chi connectivity index (χ0v) is 11.7. The van der Waals surface area contributed by atoms with Crippen LogP contribution in [0.3, 0.4) is 0 Å². The Balaban J connectivity index is 1.61. The molecular weight excluding hydrogens is 263 g/mol. The highest BCUT2D eigenvalue weighted by molar-refractivity contribution is 8.00. The molecule has 0 aromatic heterocycles. The Bertz CT molecular complexity index is 433. The molecule has 0 aliphatic carbocycles. The van der Waals surface area contributed by atoms with Gasteiger partial charge in [0.25, 0.3) is 0 Å². The van der Waals surface area contributed by atoms with Gasteiger partial charge in [-0.2, -0.15) is 0 Å². The number of benzene rings is 1. The summed E-state index contributed by atoms with van der Waals surface area (Å²) in [6.07, 6.45) is 0. The van der Waals surface area contributed by atoms with E-state index in [0.717, 1.165) is 56.4 Å². The number of piperazine rings is 1. The van der Waals surface area contributed by atoms with Gasteiger partial charge in [0.05, 0.1) is 18.5 Å². The second-order valence-corrected chi connectivity index (χ2v) is 6.41. The molecule has 5 heteroatoms. The van der Waals surface area contributed by atoms with E-state index in [4.69, 9.17) is 4.74 Å². The minimum Gasteiger partial charge on any atom is -0.379 e. The van der Waals surface area contributed by atoms with Crippen molar-refractivity contribution in [2.75, 3.05) is 39.4 Å². The number of thioether (sulfide) groups is 1. The molecule has 1 aromatic rings. The Kier molecular flexibility index (Phi) is 4.38. The molecule has 0 saturated carbocycles. The molecule has 1 N–H and O–H groups in total. The van der Waals surface area contributed by atoms with E-state index in [-0.39, 0.29) is 5.82 Å². The number of hydrogen-bond donors (Lipinski definition) is 1. The molecule has 1 aromatic carbocycles. The smallest absolute Gasteiger partial charge is 0.137 e. The molecule has 0 radical (unpaired) electrons. The third-order valence-corrected chi connectivity index (χ3v) is 4.70. The van der Waals surface area contributed by atoms with Gasteiger partial charge in [0.15, 0.2) is 0 Å². The lowest BCUT2D eigenvalue weighted by molar-refractivity contribution is 0.0455. The summed E-state index contributed by atoms with van der Waals surface area (Å²) in [5, 5.41) is 3.75. The Hall–Kier alpha value is -0.620. The van der Waals surface area contributed by atoms with Crippen LogP contribution in [0, 0.1) is 5.82 Å². The maximum absolute atomic E-state index is 14.0. The van der Waals surface area contributed by atoms with Crippen LogP contribution in [-0.2, 0) is 11.3 Å². The van der Waals surface area contributed by atoms with Crippen LogP contribution < -0.4 is 5.32 Å². The average molecular weight is 282 g/mol. The highest BCUT2D eigenvalue weighted by Gasteiger charge is 2.21. The van der Waals surface area contributed by atoms with Gasteiger partial charge in [-0.1, -0.05) is 6.07 Å². The van der Waals surface area contributed by atoms with Crippen LogP contribution in [0.2, 0.25) is 0 Å². The second kappa shape index (κ2) is 6.22. The molecule has 3 nitrogen and oxygen atoms in total. The first-order chi connectivity index (χ1) is 9.31. The van der Waals surface area contributed by atoms with E-state index >= 15 is 0 Å². The fraction of sp³-hybridized carbons (Fsp3) is 0.571. The average Bonchev–Trinajstić information content (AvgIpc) is 2.37. The molecule has 0 amide bonds. The summed E-state index contributed by atoms with van der Waals surface area (Å²) < 4.78 is 19.1. The van der Waals surface area contributed by atoms with Crippen molar-refractivity contribution in [3.8, 4) is 0 Å². The first-order valence-electron chi connectivity index (χ1n) is 6.77. The van der Waals surface area contributed by atoms with Crippen molar-refractivity contribution in [3.05, 3.63) is 29.6 Å². The van der Waals surface area contributed by atoms with Crippen LogP contribution in [0.25, 0.3) is 0 Å². The lowest BCUT2D eigenvalue weighted by atomic mass is 10.2. The van der Waals surface area contributed by atoms with Crippen LogP contribution in [0.4, 0.5) is 4.39 Å². The summed E-state index contributed by atoms with van der Waals surface area (Å²) in [7, 11) is 0. The Morgan fingerprint density at radius 2 is 2.11 bits per heavy atom.